The number of carbonyl (C=O) groups excluding carboxylic acids is 3. The van der Waals surface area contributed by atoms with E-state index in [0.29, 0.717) is 11.3 Å². The number of hydrogen-bond donors (Lipinski definition) is 2. The van der Waals surface area contributed by atoms with Crippen LogP contribution >= 0.6 is 0 Å². The fraction of sp³-hybridized carbons (Fsp3) is 0.115. The maximum Gasteiger partial charge on any atom is 0.259 e. The van der Waals surface area contributed by atoms with E-state index in [2.05, 4.69) is 10.6 Å². The number of rotatable bonds is 6. The van der Waals surface area contributed by atoms with Crippen molar-refractivity contribution in [2.24, 2.45) is 0 Å². The van der Waals surface area contributed by atoms with E-state index < -0.39 is 11.8 Å². The van der Waals surface area contributed by atoms with Crippen LogP contribution in [0.25, 0.3) is 5.57 Å². The highest BCUT2D eigenvalue weighted by Gasteiger charge is 2.36. The third kappa shape index (κ3) is 4.30. The smallest absolute Gasteiger partial charge is 0.259 e. The molecule has 6 heteroatoms. The van der Waals surface area contributed by atoms with E-state index >= 15 is 0 Å². The Labute approximate surface area is 186 Å². The Morgan fingerprint density at radius 1 is 0.719 bits per heavy atom. The van der Waals surface area contributed by atoms with E-state index in [0.717, 1.165) is 11.1 Å². The van der Waals surface area contributed by atoms with Gasteiger partial charge < -0.3 is 15.5 Å². The summed E-state index contributed by atoms with van der Waals surface area (Å²) in [6.07, 6.45) is 0. The number of para-hydroxylation sites is 1. The van der Waals surface area contributed by atoms with Gasteiger partial charge in [0.05, 0.1) is 11.3 Å². The molecule has 4 rings (SSSR count). The second-order valence-corrected chi connectivity index (χ2v) is 7.47. The van der Waals surface area contributed by atoms with Crippen LogP contribution in [0.4, 0.5) is 5.69 Å². The fourth-order valence-electron chi connectivity index (χ4n) is 3.67. The van der Waals surface area contributed by atoms with E-state index in [1.54, 1.807) is 25.2 Å². The molecule has 1 aliphatic heterocycles. The summed E-state index contributed by atoms with van der Waals surface area (Å²) in [6.45, 7) is 0.488. The fourth-order valence-corrected chi connectivity index (χ4v) is 3.67. The van der Waals surface area contributed by atoms with Gasteiger partial charge in [0.25, 0.3) is 17.7 Å². The summed E-state index contributed by atoms with van der Waals surface area (Å²) in [7, 11) is 1.63. The van der Waals surface area contributed by atoms with Crippen molar-refractivity contribution >= 4 is 29.0 Å². The molecular formula is C26H23N3O3. The monoisotopic (exact) mass is 425 g/mol. The van der Waals surface area contributed by atoms with Crippen LogP contribution in [0.15, 0.2) is 90.5 Å². The molecule has 0 aromatic heterocycles. The molecule has 2 N–H and O–H groups in total. The van der Waals surface area contributed by atoms with Gasteiger partial charge in [-0.1, -0.05) is 78.9 Å². The molecule has 0 saturated heterocycles. The number of amides is 3. The Bertz CT molecular complexity index is 1130. The number of nitrogens with one attached hydrogen (secondary N) is 2. The molecule has 0 unspecified atom stereocenters. The first-order chi connectivity index (χ1) is 15.6. The van der Waals surface area contributed by atoms with Crippen molar-refractivity contribution in [1.29, 1.82) is 0 Å². The average molecular weight is 425 g/mol. The van der Waals surface area contributed by atoms with E-state index in [4.69, 9.17) is 0 Å². The predicted octanol–water partition coefficient (Wildman–Crippen LogP) is 3.05. The minimum Gasteiger partial charge on any atom is -0.348 e. The second kappa shape index (κ2) is 9.31. The summed E-state index contributed by atoms with van der Waals surface area (Å²) < 4.78 is 0. The molecule has 0 aliphatic carbocycles. The van der Waals surface area contributed by atoms with Crippen molar-refractivity contribution in [3.8, 4) is 0 Å². The third-order valence-corrected chi connectivity index (χ3v) is 5.35. The lowest BCUT2D eigenvalue weighted by atomic mass is 9.99. The summed E-state index contributed by atoms with van der Waals surface area (Å²) in [6, 6.07) is 25.9. The van der Waals surface area contributed by atoms with Gasteiger partial charge in [-0.25, -0.2) is 0 Å². The Hall–Kier alpha value is -4.19. The van der Waals surface area contributed by atoms with Gasteiger partial charge in [-0.2, -0.15) is 0 Å². The lowest BCUT2D eigenvalue weighted by Gasteiger charge is -2.13. The molecule has 1 heterocycles. The first-order valence-electron chi connectivity index (χ1n) is 10.3. The highest BCUT2D eigenvalue weighted by atomic mass is 16.2. The Balaban J connectivity index is 1.68. The van der Waals surface area contributed by atoms with Crippen molar-refractivity contribution in [3.05, 3.63) is 107 Å². The van der Waals surface area contributed by atoms with Gasteiger partial charge in [0.2, 0.25) is 0 Å². The molecule has 0 atom stereocenters. The number of fused-ring (bicyclic) bond motifs is 1. The van der Waals surface area contributed by atoms with Gasteiger partial charge >= 0.3 is 0 Å². The minimum atomic E-state index is -0.590. The summed E-state index contributed by atoms with van der Waals surface area (Å²) in [4.78, 5) is 41.0. The zero-order valence-corrected chi connectivity index (χ0v) is 17.7. The zero-order valence-electron chi connectivity index (χ0n) is 17.7. The summed E-state index contributed by atoms with van der Waals surface area (Å²) in [5.41, 5.74) is 2.95. The van der Waals surface area contributed by atoms with Crippen LogP contribution in [-0.4, -0.2) is 24.8 Å². The lowest BCUT2D eigenvalue weighted by Crippen LogP contribution is -2.36. The van der Waals surface area contributed by atoms with Crippen molar-refractivity contribution in [2.75, 3.05) is 11.9 Å². The molecular weight excluding hydrogens is 402 g/mol. The number of anilines is 1. The van der Waals surface area contributed by atoms with Gasteiger partial charge in [0.1, 0.15) is 5.57 Å². The van der Waals surface area contributed by atoms with Crippen LogP contribution in [0.1, 0.15) is 16.7 Å². The lowest BCUT2D eigenvalue weighted by molar-refractivity contribution is -0.124. The molecule has 0 fully saturated rings. The molecule has 32 heavy (non-hydrogen) atoms. The SMILES string of the molecule is CN1C(=O)C(=C(C(=O)NCc2ccccc2)C(=O)NCc2ccccc2)c2ccccc21. The molecule has 0 bridgehead atoms. The van der Waals surface area contributed by atoms with Crippen LogP contribution in [0.3, 0.4) is 0 Å². The number of nitrogens with zero attached hydrogens (tertiary/aromatic N) is 1. The molecule has 1 aliphatic rings. The van der Waals surface area contributed by atoms with Gasteiger partial charge in [-0.3, -0.25) is 14.4 Å². The molecule has 3 amide bonds. The van der Waals surface area contributed by atoms with Crippen LogP contribution in [0.5, 0.6) is 0 Å². The largest absolute Gasteiger partial charge is 0.348 e. The average Bonchev–Trinajstić information content (AvgIpc) is 3.08. The quantitative estimate of drug-likeness (QED) is 0.362. The van der Waals surface area contributed by atoms with E-state index in [-0.39, 0.29) is 30.1 Å². The molecule has 0 spiro atoms. The highest BCUT2D eigenvalue weighted by molar-refractivity contribution is 6.41. The molecule has 0 saturated carbocycles. The number of likely N-dealkylation sites (N-methyl/N-ethyl adjacent to an activating group) is 1. The molecule has 6 nitrogen and oxygen atoms in total. The number of benzene rings is 3. The van der Waals surface area contributed by atoms with E-state index in [1.807, 2.05) is 66.7 Å². The maximum atomic E-state index is 13.2. The van der Waals surface area contributed by atoms with Gasteiger partial charge in [0.15, 0.2) is 0 Å². The highest BCUT2D eigenvalue weighted by Crippen LogP contribution is 2.37. The first kappa shape index (κ1) is 21.1. The van der Waals surface area contributed by atoms with Crippen molar-refractivity contribution < 1.29 is 14.4 Å². The normalized spacial score (nSPS) is 12.3. The molecule has 160 valence electrons. The minimum absolute atomic E-state index is 0.110. The van der Waals surface area contributed by atoms with Crippen molar-refractivity contribution in [3.63, 3.8) is 0 Å². The first-order valence-corrected chi connectivity index (χ1v) is 10.3. The summed E-state index contributed by atoms with van der Waals surface area (Å²) >= 11 is 0. The topological polar surface area (TPSA) is 78.5 Å². The summed E-state index contributed by atoms with van der Waals surface area (Å²) in [5, 5.41) is 5.59. The second-order valence-electron chi connectivity index (χ2n) is 7.47. The Morgan fingerprint density at radius 3 is 1.72 bits per heavy atom. The van der Waals surface area contributed by atoms with Crippen molar-refractivity contribution in [2.45, 2.75) is 13.1 Å². The molecule has 3 aromatic rings. The molecule has 3 aromatic carbocycles. The number of carbonyl (C=O) groups is 3. The van der Waals surface area contributed by atoms with Gasteiger partial charge in [-0.15, -0.1) is 0 Å². The maximum absolute atomic E-state index is 13.2. The zero-order chi connectivity index (χ0) is 22.5. The van der Waals surface area contributed by atoms with Crippen LogP contribution < -0.4 is 15.5 Å². The van der Waals surface area contributed by atoms with Crippen LogP contribution in [0.2, 0.25) is 0 Å². The molecule has 0 radical (unpaired) electrons. The van der Waals surface area contributed by atoms with Gasteiger partial charge in [0, 0.05) is 25.7 Å². The Kier molecular flexibility index (Phi) is 6.12. The van der Waals surface area contributed by atoms with Crippen LogP contribution in [-0.2, 0) is 27.5 Å². The van der Waals surface area contributed by atoms with Gasteiger partial charge in [-0.05, 0) is 17.2 Å². The Morgan fingerprint density at radius 2 is 1.19 bits per heavy atom. The van der Waals surface area contributed by atoms with Crippen molar-refractivity contribution in [1.82, 2.24) is 10.6 Å². The van der Waals surface area contributed by atoms with E-state index in [1.165, 1.54) is 4.90 Å². The number of hydrogen-bond acceptors (Lipinski definition) is 3. The summed E-state index contributed by atoms with van der Waals surface area (Å²) in [5.74, 6) is -1.56. The standard InChI is InChI=1S/C26H23N3O3/c1-29-21-15-9-8-14-20(21)22(26(29)32)23(24(30)27-16-18-10-4-2-5-11-18)25(31)28-17-19-12-6-3-7-13-19/h2-15H,16-17H2,1H3,(H,27,30)(H,28,31). The third-order valence-electron chi connectivity index (χ3n) is 5.35. The predicted molar refractivity (Wildman–Crippen MR) is 123 cm³/mol. The van der Waals surface area contributed by atoms with Crippen LogP contribution in [0, 0.1) is 0 Å². The van der Waals surface area contributed by atoms with E-state index in [9.17, 15) is 14.4 Å².